The van der Waals surface area contributed by atoms with Gasteiger partial charge in [0.2, 0.25) is 5.91 Å². The summed E-state index contributed by atoms with van der Waals surface area (Å²) in [6.45, 7) is 2.48. The normalized spacial score (nSPS) is 19.7. The number of hydrogen-bond acceptors (Lipinski definition) is 4. The molecule has 0 spiro atoms. The number of nitrogens with zero attached hydrogens (tertiary/aromatic N) is 2. The van der Waals surface area contributed by atoms with E-state index in [2.05, 4.69) is 21.3 Å². The molecule has 5 heteroatoms. The molecule has 122 valence electrons. The average Bonchev–Trinajstić information content (AvgIpc) is 2.96. The number of carbonyl (C=O) groups is 1. The topological polar surface area (TPSA) is 45.2 Å². The van der Waals surface area contributed by atoms with E-state index in [1.165, 1.54) is 36.8 Å². The van der Waals surface area contributed by atoms with Crippen LogP contribution in [0, 0.1) is 11.8 Å². The first-order valence-electron chi connectivity index (χ1n) is 8.68. The summed E-state index contributed by atoms with van der Waals surface area (Å²) < 4.78 is 1.22. The van der Waals surface area contributed by atoms with E-state index in [1.54, 1.807) is 11.3 Å². The van der Waals surface area contributed by atoms with E-state index in [-0.39, 0.29) is 11.8 Å². The van der Waals surface area contributed by atoms with E-state index in [0.29, 0.717) is 5.92 Å². The molecule has 1 aromatic carbocycles. The van der Waals surface area contributed by atoms with Crippen LogP contribution in [0.5, 0.6) is 0 Å². The van der Waals surface area contributed by atoms with Gasteiger partial charge in [-0.05, 0) is 30.9 Å². The van der Waals surface area contributed by atoms with E-state index >= 15 is 0 Å². The van der Waals surface area contributed by atoms with Crippen LogP contribution in [0.1, 0.15) is 32.1 Å². The number of anilines is 1. The third kappa shape index (κ3) is 3.20. The van der Waals surface area contributed by atoms with Crippen molar-refractivity contribution in [2.45, 2.75) is 32.1 Å². The molecule has 1 aliphatic heterocycles. The Labute approximate surface area is 140 Å². The van der Waals surface area contributed by atoms with Crippen LogP contribution in [0.4, 0.5) is 5.13 Å². The summed E-state index contributed by atoms with van der Waals surface area (Å²) in [4.78, 5) is 19.1. The standard InChI is InChI=1S/C18H23N3OS/c22-17(19-10-13-6-2-1-3-7-13)14-11-21(12-14)18-20-15-8-4-5-9-16(15)23-18/h4-5,8-9,13-14H,1-3,6-7,10-12H2,(H,19,22). The Kier molecular flexibility index (Phi) is 4.21. The van der Waals surface area contributed by atoms with Crippen molar-refractivity contribution >= 4 is 32.6 Å². The van der Waals surface area contributed by atoms with Crippen molar-refractivity contribution in [2.24, 2.45) is 11.8 Å². The predicted octanol–water partition coefficient (Wildman–Crippen LogP) is 3.43. The summed E-state index contributed by atoms with van der Waals surface area (Å²) in [6.07, 6.45) is 6.58. The lowest BCUT2D eigenvalue weighted by Gasteiger charge is -2.38. The molecule has 0 unspecified atom stereocenters. The van der Waals surface area contributed by atoms with Crippen molar-refractivity contribution < 1.29 is 4.79 Å². The van der Waals surface area contributed by atoms with Crippen LogP contribution in [0.3, 0.4) is 0 Å². The van der Waals surface area contributed by atoms with Gasteiger partial charge in [0.15, 0.2) is 5.13 Å². The number of fused-ring (bicyclic) bond motifs is 1. The maximum absolute atomic E-state index is 12.3. The molecule has 1 aromatic heterocycles. The minimum atomic E-state index is 0.130. The average molecular weight is 329 g/mol. The van der Waals surface area contributed by atoms with Gasteiger partial charge in [-0.3, -0.25) is 4.79 Å². The number of hydrogen-bond donors (Lipinski definition) is 1. The molecule has 1 amide bonds. The van der Waals surface area contributed by atoms with Gasteiger partial charge in [-0.25, -0.2) is 4.98 Å². The van der Waals surface area contributed by atoms with Crippen LogP contribution in [-0.4, -0.2) is 30.5 Å². The monoisotopic (exact) mass is 329 g/mol. The minimum absolute atomic E-state index is 0.130. The lowest BCUT2D eigenvalue weighted by molar-refractivity contribution is -0.125. The second kappa shape index (κ2) is 6.48. The lowest BCUT2D eigenvalue weighted by atomic mass is 9.89. The molecular formula is C18H23N3OS. The van der Waals surface area contributed by atoms with Crippen molar-refractivity contribution in [2.75, 3.05) is 24.5 Å². The van der Waals surface area contributed by atoms with Crippen LogP contribution in [-0.2, 0) is 4.79 Å². The maximum atomic E-state index is 12.3. The number of aromatic nitrogens is 1. The van der Waals surface area contributed by atoms with Crippen molar-refractivity contribution in [1.82, 2.24) is 10.3 Å². The van der Waals surface area contributed by atoms with Gasteiger partial charge in [0.25, 0.3) is 0 Å². The highest BCUT2D eigenvalue weighted by atomic mass is 32.1. The minimum Gasteiger partial charge on any atom is -0.355 e. The molecule has 4 rings (SSSR count). The zero-order valence-electron chi connectivity index (χ0n) is 13.3. The summed E-state index contributed by atoms with van der Waals surface area (Å²) >= 11 is 1.71. The lowest BCUT2D eigenvalue weighted by Crippen LogP contribution is -2.54. The molecule has 1 aliphatic carbocycles. The van der Waals surface area contributed by atoms with Gasteiger partial charge in [-0.2, -0.15) is 0 Å². The van der Waals surface area contributed by atoms with Crippen LogP contribution in [0.2, 0.25) is 0 Å². The highest BCUT2D eigenvalue weighted by Gasteiger charge is 2.34. The molecule has 4 nitrogen and oxygen atoms in total. The number of benzene rings is 1. The number of amides is 1. The summed E-state index contributed by atoms with van der Waals surface area (Å²) in [6, 6.07) is 8.21. The quantitative estimate of drug-likeness (QED) is 0.935. The molecule has 0 radical (unpaired) electrons. The van der Waals surface area contributed by atoms with Gasteiger partial charge >= 0.3 is 0 Å². The molecule has 2 aliphatic rings. The predicted molar refractivity (Wildman–Crippen MR) is 94.9 cm³/mol. The first-order valence-corrected chi connectivity index (χ1v) is 9.49. The van der Waals surface area contributed by atoms with Crippen molar-refractivity contribution in [1.29, 1.82) is 0 Å². The zero-order valence-corrected chi connectivity index (χ0v) is 14.1. The molecule has 1 saturated heterocycles. The molecule has 2 fully saturated rings. The first-order chi connectivity index (χ1) is 11.3. The third-order valence-electron chi connectivity index (χ3n) is 5.10. The van der Waals surface area contributed by atoms with Crippen LogP contribution in [0.25, 0.3) is 10.2 Å². The summed E-state index contributed by atoms with van der Waals surface area (Å²) in [5, 5.41) is 4.21. The zero-order chi connectivity index (χ0) is 15.6. The number of para-hydroxylation sites is 1. The molecule has 1 saturated carbocycles. The van der Waals surface area contributed by atoms with Gasteiger partial charge in [0.1, 0.15) is 0 Å². The van der Waals surface area contributed by atoms with Crippen molar-refractivity contribution in [3.63, 3.8) is 0 Å². The number of carbonyl (C=O) groups excluding carboxylic acids is 1. The summed E-state index contributed by atoms with van der Waals surface area (Å²) in [7, 11) is 0. The van der Waals surface area contributed by atoms with Gasteiger partial charge in [-0.1, -0.05) is 42.7 Å². The first kappa shape index (κ1) is 14.9. The van der Waals surface area contributed by atoms with Crippen LogP contribution < -0.4 is 10.2 Å². The maximum Gasteiger partial charge on any atom is 0.226 e. The van der Waals surface area contributed by atoms with Crippen LogP contribution >= 0.6 is 11.3 Å². The van der Waals surface area contributed by atoms with E-state index in [0.717, 1.165) is 30.3 Å². The Balaban J connectivity index is 1.27. The van der Waals surface area contributed by atoms with E-state index in [4.69, 9.17) is 0 Å². The van der Waals surface area contributed by atoms with Gasteiger partial charge in [0, 0.05) is 19.6 Å². The van der Waals surface area contributed by atoms with Crippen molar-refractivity contribution in [3.8, 4) is 0 Å². The fraction of sp³-hybridized carbons (Fsp3) is 0.556. The van der Waals surface area contributed by atoms with Crippen LogP contribution in [0.15, 0.2) is 24.3 Å². The second-order valence-electron chi connectivity index (χ2n) is 6.82. The molecule has 2 aromatic rings. The fourth-order valence-electron chi connectivity index (χ4n) is 3.58. The molecular weight excluding hydrogens is 306 g/mol. The van der Waals surface area contributed by atoms with E-state index in [9.17, 15) is 4.79 Å². The molecule has 0 bridgehead atoms. The summed E-state index contributed by atoms with van der Waals surface area (Å²) in [5.41, 5.74) is 1.05. The largest absolute Gasteiger partial charge is 0.355 e. The smallest absolute Gasteiger partial charge is 0.226 e. The Hall–Kier alpha value is -1.62. The highest BCUT2D eigenvalue weighted by Crippen LogP contribution is 2.32. The fourth-order valence-corrected chi connectivity index (χ4v) is 4.56. The Morgan fingerprint density at radius 2 is 2.00 bits per heavy atom. The summed E-state index contributed by atoms with van der Waals surface area (Å²) in [5.74, 6) is 1.06. The van der Waals surface area contributed by atoms with Gasteiger partial charge < -0.3 is 10.2 Å². The molecule has 23 heavy (non-hydrogen) atoms. The van der Waals surface area contributed by atoms with Gasteiger partial charge in [0.05, 0.1) is 16.1 Å². The number of thiazole rings is 1. The molecule has 2 heterocycles. The SMILES string of the molecule is O=C(NCC1CCCCC1)C1CN(c2nc3ccccc3s2)C1. The van der Waals surface area contributed by atoms with Crippen molar-refractivity contribution in [3.05, 3.63) is 24.3 Å². The Bertz CT molecular complexity index is 653. The molecule has 1 N–H and O–H groups in total. The third-order valence-corrected chi connectivity index (χ3v) is 6.19. The van der Waals surface area contributed by atoms with E-state index in [1.807, 2.05) is 18.2 Å². The number of nitrogens with one attached hydrogen (secondary N) is 1. The Morgan fingerprint density at radius 3 is 2.78 bits per heavy atom. The highest BCUT2D eigenvalue weighted by molar-refractivity contribution is 7.22. The molecule has 0 atom stereocenters. The number of rotatable bonds is 4. The second-order valence-corrected chi connectivity index (χ2v) is 7.82. The van der Waals surface area contributed by atoms with Gasteiger partial charge in [-0.15, -0.1) is 0 Å². The Morgan fingerprint density at radius 1 is 1.22 bits per heavy atom. The van der Waals surface area contributed by atoms with E-state index < -0.39 is 0 Å².